The normalized spacial score (nSPS) is 10.7. The maximum absolute atomic E-state index is 13.5. The Morgan fingerprint density at radius 2 is 1.81 bits per heavy atom. The highest BCUT2D eigenvalue weighted by Crippen LogP contribution is 2.24. The van der Waals surface area contributed by atoms with Crippen LogP contribution in [0.1, 0.15) is 23.1 Å². The lowest BCUT2D eigenvalue weighted by atomic mass is 10.2. The second kappa shape index (κ2) is 12.5. The molecule has 0 atom stereocenters. The number of carbonyl (C=O) groups is 2. The molecule has 1 heterocycles. The van der Waals surface area contributed by atoms with Gasteiger partial charge in [0.05, 0.1) is 18.9 Å². The first-order valence-corrected chi connectivity index (χ1v) is 13.1. The first-order chi connectivity index (χ1) is 17.9. The Labute approximate surface area is 225 Å². The van der Waals surface area contributed by atoms with E-state index in [1.807, 2.05) is 31.2 Å². The smallest absolute Gasteiger partial charge is 0.251 e. The maximum Gasteiger partial charge on any atom is 0.251 e. The molecular weight excluding hydrogens is 561 g/mol. The quantitative estimate of drug-likeness (QED) is 0.248. The largest absolute Gasteiger partial charge is 0.494 e. The summed E-state index contributed by atoms with van der Waals surface area (Å²) in [4.78, 5) is 25.1. The molecule has 0 aliphatic heterocycles. The Morgan fingerprint density at radius 3 is 2.51 bits per heavy atom. The highest BCUT2D eigenvalue weighted by Gasteiger charge is 2.17. The molecule has 0 saturated carbocycles. The zero-order chi connectivity index (χ0) is 26.2. The van der Waals surface area contributed by atoms with Crippen molar-refractivity contribution in [2.24, 2.45) is 0 Å². The van der Waals surface area contributed by atoms with E-state index in [4.69, 9.17) is 4.74 Å². The van der Waals surface area contributed by atoms with Crippen LogP contribution in [-0.2, 0) is 11.3 Å². The monoisotopic (exact) mass is 583 g/mol. The lowest BCUT2D eigenvalue weighted by molar-refractivity contribution is -0.113. The van der Waals surface area contributed by atoms with Gasteiger partial charge in [0.1, 0.15) is 11.6 Å². The molecule has 3 aromatic carbocycles. The molecule has 0 radical (unpaired) electrons. The van der Waals surface area contributed by atoms with E-state index in [1.165, 1.54) is 36.0 Å². The molecule has 0 bridgehead atoms. The first kappa shape index (κ1) is 26.4. The molecule has 4 rings (SSSR count). The van der Waals surface area contributed by atoms with Crippen molar-refractivity contribution in [3.8, 4) is 11.4 Å². The molecule has 0 unspecified atom stereocenters. The van der Waals surface area contributed by atoms with Crippen molar-refractivity contribution in [3.05, 3.63) is 94.5 Å². The van der Waals surface area contributed by atoms with Crippen LogP contribution in [-0.4, -0.2) is 38.9 Å². The average Bonchev–Trinajstić information content (AvgIpc) is 3.30. The molecule has 1 aromatic heterocycles. The first-order valence-electron chi connectivity index (χ1n) is 11.3. The third kappa shape index (κ3) is 7.17. The number of ether oxygens (including phenoxy) is 1. The summed E-state index contributed by atoms with van der Waals surface area (Å²) >= 11 is 4.64. The van der Waals surface area contributed by atoms with Crippen LogP contribution < -0.4 is 15.4 Å². The topological polar surface area (TPSA) is 98.1 Å². The summed E-state index contributed by atoms with van der Waals surface area (Å²) in [5.41, 5.74) is 1.62. The number of hydrogen-bond donors (Lipinski definition) is 2. The Bertz CT molecular complexity index is 1380. The summed E-state index contributed by atoms with van der Waals surface area (Å²) < 4.78 is 21.6. The predicted octanol–water partition coefficient (Wildman–Crippen LogP) is 5.23. The molecule has 190 valence electrons. The molecule has 2 amide bonds. The number of nitrogens with one attached hydrogen (secondary N) is 2. The summed E-state index contributed by atoms with van der Waals surface area (Å²) in [7, 11) is 0. The minimum Gasteiger partial charge on any atom is -0.494 e. The van der Waals surface area contributed by atoms with Gasteiger partial charge in [-0.05, 0) is 73.7 Å². The molecule has 0 saturated heterocycles. The summed E-state index contributed by atoms with van der Waals surface area (Å²) in [6.07, 6.45) is 0. The van der Waals surface area contributed by atoms with Crippen molar-refractivity contribution in [3.63, 3.8) is 0 Å². The van der Waals surface area contributed by atoms with Crippen molar-refractivity contribution in [1.82, 2.24) is 20.1 Å². The van der Waals surface area contributed by atoms with Gasteiger partial charge in [0, 0.05) is 21.4 Å². The van der Waals surface area contributed by atoms with Crippen LogP contribution in [0.25, 0.3) is 5.69 Å². The molecule has 0 aliphatic carbocycles. The van der Waals surface area contributed by atoms with Gasteiger partial charge in [-0.15, -0.1) is 10.2 Å². The fourth-order valence-electron chi connectivity index (χ4n) is 3.38. The molecule has 11 heteroatoms. The second-order valence-corrected chi connectivity index (χ2v) is 9.56. The Morgan fingerprint density at radius 1 is 1.05 bits per heavy atom. The van der Waals surface area contributed by atoms with E-state index in [0.29, 0.717) is 23.3 Å². The standard InChI is InChI=1S/C26H23BrFN5O3S/c1-2-36-22-12-8-20(9-13-22)30-24(34)16-37-26-32-31-23(33(26)21-10-6-18(27)7-11-21)15-29-25(35)17-4-3-5-19(28)14-17/h3-14H,2,15-16H2,1H3,(H,29,35)(H,30,34). The third-order valence-corrected chi connectivity index (χ3v) is 6.52. The minimum atomic E-state index is -0.493. The second-order valence-electron chi connectivity index (χ2n) is 7.70. The van der Waals surface area contributed by atoms with Gasteiger partial charge in [0.25, 0.3) is 5.91 Å². The lowest BCUT2D eigenvalue weighted by Gasteiger charge is -2.11. The fraction of sp³-hybridized carbons (Fsp3) is 0.154. The van der Waals surface area contributed by atoms with Crippen LogP contribution in [0.4, 0.5) is 10.1 Å². The van der Waals surface area contributed by atoms with Gasteiger partial charge >= 0.3 is 0 Å². The van der Waals surface area contributed by atoms with Crippen LogP contribution in [0.2, 0.25) is 0 Å². The number of nitrogens with zero attached hydrogens (tertiary/aromatic N) is 3. The lowest BCUT2D eigenvalue weighted by Crippen LogP contribution is -2.24. The highest BCUT2D eigenvalue weighted by atomic mass is 79.9. The van der Waals surface area contributed by atoms with Gasteiger partial charge < -0.3 is 15.4 Å². The summed E-state index contributed by atoms with van der Waals surface area (Å²) in [5, 5.41) is 14.6. The number of hydrogen-bond acceptors (Lipinski definition) is 6. The average molecular weight is 584 g/mol. The van der Waals surface area contributed by atoms with E-state index in [2.05, 4.69) is 36.8 Å². The third-order valence-electron chi connectivity index (χ3n) is 5.06. The van der Waals surface area contributed by atoms with E-state index in [9.17, 15) is 14.0 Å². The van der Waals surface area contributed by atoms with Crippen LogP contribution in [0, 0.1) is 5.82 Å². The number of amides is 2. The summed E-state index contributed by atoms with van der Waals surface area (Å²) in [6, 6.07) is 20.1. The van der Waals surface area contributed by atoms with E-state index < -0.39 is 11.7 Å². The molecule has 4 aromatic rings. The van der Waals surface area contributed by atoms with E-state index in [0.717, 1.165) is 15.9 Å². The van der Waals surface area contributed by atoms with Gasteiger partial charge in [0.2, 0.25) is 5.91 Å². The number of aromatic nitrogens is 3. The van der Waals surface area contributed by atoms with Gasteiger partial charge in [-0.2, -0.15) is 0 Å². The summed E-state index contributed by atoms with van der Waals surface area (Å²) in [6.45, 7) is 2.53. The van der Waals surface area contributed by atoms with Crippen molar-refractivity contribution in [1.29, 1.82) is 0 Å². The van der Waals surface area contributed by atoms with Crippen LogP contribution in [0.3, 0.4) is 0 Å². The molecule has 0 spiro atoms. The van der Waals surface area contributed by atoms with E-state index in [-0.39, 0.29) is 23.8 Å². The van der Waals surface area contributed by atoms with E-state index in [1.54, 1.807) is 28.8 Å². The maximum atomic E-state index is 13.5. The number of halogens is 2. The van der Waals surface area contributed by atoms with Crippen LogP contribution in [0.15, 0.2) is 82.4 Å². The SMILES string of the molecule is CCOc1ccc(NC(=O)CSc2nnc(CNC(=O)c3cccc(F)c3)n2-c2ccc(Br)cc2)cc1. The van der Waals surface area contributed by atoms with Crippen LogP contribution >= 0.6 is 27.7 Å². The van der Waals surface area contributed by atoms with Gasteiger partial charge in [0.15, 0.2) is 11.0 Å². The summed E-state index contributed by atoms with van der Waals surface area (Å²) in [5.74, 6) is 0.149. The molecule has 0 fully saturated rings. The Hall–Kier alpha value is -3.70. The highest BCUT2D eigenvalue weighted by molar-refractivity contribution is 9.10. The van der Waals surface area contributed by atoms with Crippen molar-refractivity contribution < 1.29 is 18.7 Å². The molecule has 2 N–H and O–H groups in total. The number of carbonyl (C=O) groups excluding carboxylic acids is 2. The van der Waals surface area contributed by atoms with Gasteiger partial charge in [-0.1, -0.05) is 33.8 Å². The predicted molar refractivity (Wildman–Crippen MR) is 144 cm³/mol. The fourth-order valence-corrected chi connectivity index (χ4v) is 4.41. The van der Waals surface area contributed by atoms with Crippen molar-refractivity contribution in [2.75, 3.05) is 17.7 Å². The number of rotatable bonds is 10. The molecule has 37 heavy (non-hydrogen) atoms. The minimum absolute atomic E-state index is 0.0529. The van der Waals surface area contributed by atoms with Crippen molar-refractivity contribution >= 4 is 45.2 Å². The van der Waals surface area contributed by atoms with Crippen LogP contribution in [0.5, 0.6) is 5.75 Å². The van der Waals surface area contributed by atoms with Gasteiger partial charge in [-0.25, -0.2) is 4.39 Å². The zero-order valence-corrected chi connectivity index (χ0v) is 22.2. The van der Waals surface area contributed by atoms with E-state index >= 15 is 0 Å². The van der Waals surface area contributed by atoms with Crippen molar-refractivity contribution in [2.45, 2.75) is 18.6 Å². The number of thioether (sulfide) groups is 1. The number of anilines is 1. The molecule has 0 aliphatic rings. The van der Waals surface area contributed by atoms with Gasteiger partial charge in [-0.3, -0.25) is 14.2 Å². The number of benzene rings is 3. The molecular formula is C26H23BrFN5O3S. The zero-order valence-electron chi connectivity index (χ0n) is 19.8. The Kier molecular flexibility index (Phi) is 8.91. The molecule has 8 nitrogen and oxygen atoms in total. The Balaban J connectivity index is 1.46.